The lowest BCUT2D eigenvalue weighted by Gasteiger charge is -2.53. The summed E-state index contributed by atoms with van der Waals surface area (Å²) in [4.78, 5) is 12.4. The van der Waals surface area contributed by atoms with Gasteiger partial charge in [-0.1, -0.05) is 53.9 Å². The van der Waals surface area contributed by atoms with Crippen LogP contribution in [0.3, 0.4) is 0 Å². The highest BCUT2D eigenvalue weighted by Crippen LogP contribution is 2.85. The summed E-state index contributed by atoms with van der Waals surface area (Å²) in [5, 5.41) is 0. The van der Waals surface area contributed by atoms with Crippen LogP contribution in [0.4, 0.5) is 0 Å². The Kier molecular flexibility index (Phi) is 4.44. The number of hydrogen-bond donors (Lipinski definition) is 0. The van der Waals surface area contributed by atoms with Crippen molar-refractivity contribution in [2.75, 3.05) is 0 Å². The molecular formula is C27H44O. The first kappa shape index (κ1) is 19.6. The summed E-state index contributed by atoms with van der Waals surface area (Å²) in [7, 11) is 0. The SMILES string of the molecule is CC(C)CCC[C@@H](C)[C@H]1CC[C@H]2[C@@H]3[C@@H]4C[C@@]45CC(=O)CC[C@]5(C)[C@H]3CC[C@]12C. The molecule has 0 N–H and O–H groups in total. The lowest BCUT2D eigenvalue weighted by atomic mass is 9.51. The number of hydrogen-bond acceptors (Lipinski definition) is 1. The molecule has 1 nitrogen and oxygen atoms in total. The van der Waals surface area contributed by atoms with Gasteiger partial charge in [-0.25, -0.2) is 0 Å². The molecule has 0 aliphatic heterocycles. The number of fused-ring (bicyclic) bond motifs is 5. The predicted octanol–water partition coefficient (Wildman–Crippen LogP) is 7.29. The first-order valence-corrected chi connectivity index (χ1v) is 12.7. The summed E-state index contributed by atoms with van der Waals surface area (Å²) >= 11 is 0. The first-order chi connectivity index (χ1) is 13.2. The number of rotatable bonds is 5. The van der Waals surface area contributed by atoms with E-state index in [9.17, 15) is 4.79 Å². The highest BCUT2D eigenvalue weighted by molar-refractivity contribution is 5.81. The van der Waals surface area contributed by atoms with Crippen molar-refractivity contribution in [2.45, 2.75) is 105 Å². The molecule has 5 aliphatic carbocycles. The maximum absolute atomic E-state index is 12.4. The van der Waals surface area contributed by atoms with Gasteiger partial charge in [0.05, 0.1) is 0 Å². The normalized spacial score (nSPS) is 52.8. The third kappa shape index (κ3) is 2.46. The number of carbonyl (C=O) groups excluding carboxylic acids is 1. The van der Waals surface area contributed by atoms with Crippen LogP contribution >= 0.6 is 0 Å². The summed E-state index contributed by atoms with van der Waals surface area (Å²) in [5.74, 6) is 7.07. The first-order valence-electron chi connectivity index (χ1n) is 12.7. The van der Waals surface area contributed by atoms with Crippen molar-refractivity contribution >= 4 is 5.78 Å². The van der Waals surface area contributed by atoms with Crippen LogP contribution in [0, 0.1) is 57.7 Å². The highest BCUT2D eigenvalue weighted by Gasteiger charge is 2.79. The molecule has 5 saturated carbocycles. The molecule has 1 heteroatoms. The van der Waals surface area contributed by atoms with Gasteiger partial charge in [-0.05, 0) is 96.2 Å². The fourth-order valence-electron chi connectivity index (χ4n) is 10.1. The molecule has 0 aromatic heterocycles. The molecule has 0 unspecified atom stereocenters. The summed E-state index contributed by atoms with van der Waals surface area (Å²) < 4.78 is 0. The molecule has 0 amide bonds. The average molecular weight is 385 g/mol. The van der Waals surface area contributed by atoms with Gasteiger partial charge in [-0.2, -0.15) is 0 Å². The fourth-order valence-corrected chi connectivity index (χ4v) is 10.1. The standard InChI is InChI=1S/C27H44O/c1-17(2)7-6-8-18(3)20-9-10-21-24-22(12-13-25(20,21)4)26(5)14-11-19(28)15-27(26)16-23(24)27/h17-18,20-24H,6-16H2,1-5H3/t18-,20-,21+,22+,23+,24+,25-,26-,27+/m1/s1. The van der Waals surface area contributed by atoms with Gasteiger partial charge in [0.15, 0.2) is 0 Å². The number of ketones is 1. The highest BCUT2D eigenvalue weighted by atomic mass is 16.1. The van der Waals surface area contributed by atoms with Crippen LogP contribution in [0.5, 0.6) is 0 Å². The molecule has 0 aromatic rings. The summed E-state index contributed by atoms with van der Waals surface area (Å²) in [6.07, 6.45) is 14.6. The second-order valence-electron chi connectivity index (χ2n) is 12.9. The van der Waals surface area contributed by atoms with Crippen LogP contribution in [0.1, 0.15) is 105 Å². The largest absolute Gasteiger partial charge is 0.300 e. The van der Waals surface area contributed by atoms with Crippen LogP contribution in [-0.2, 0) is 4.79 Å². The van der Waals surface area contributed by atoms with Gasteiger partial charge in [0.25, 0.3) is 0 Å². The quantitative estimate of drug-likeness (QED) is 0.486. The van der Waals surface area contributed by atoms with Crippen molar-refractivity contribution in [2.24, 2.45) is 57.7 Å². The van der Waals surface area contributed by atoms with Crippen molar-refractivity contribution in [3.63, 3.8) is 0 Å². The fraction of sp³-hybridized carbons (Fsp3) is 0.963. The third-order valence-electron chi connectivity index (χ3n) is 11.5. The molecule has 0 aromatic carbocycles. The lowest BCUT2D eigenvalue weighted by Crippen LogP contribution is -2.47. The molecule has 0 bridgehead atoms. The van der Waals surface area contributed by atoms with Crippen LogP contribution in [0.25, 0.3) is 0 Å². The van der Waals surface area contributed by atoms with Crippen LogP contribution in [0.15, 0.2) is 0 Å². The Morgan fingerprint density at radius 1 is 0.964 bits per heavy atom. The van der Waals surface area contributed by atoms with Crippen LogP contribution in [-0.4, -0.2) is 5.78 Å². The van der Waals surface area contributed by atoms with E-state index in [1.165, 1.54) is 57.8 Å². The average Bonchev–Trinajstić information content (AvgIpc) is 3.15. The number of carbonyl (C=O) groups is 1. The van der Waals surface area contributed by atoms with Crippen LogP contribution < -0.4 is 0 Å². The Labute approximate surface area is 173 Å². The molecule has 1 spiro atoms. The zero-order chi connectivity index (χ0) is 19.9. The second-order valence-corrected chi connectivity index (χ2v) is 12.9. The Morgan fingerprint density at radius 3 is 2.50 bits per heavy atom. The van der Waals surface area contributed by atoms with Crippen molar-refractivity contribution in [3.05, 3.63) is 0 Å². The van der Waals surface area contributed by atoms with E-state index >= 15 is 0 Å². The summed E-state index contributed by atoms with van der Waals surface area (Å²) in [6, 6.07) is 0. The maximum atomic E-state index is 12.4. The lowest BCUT2D eigenvalue weighted by molar-refractivity contribution is -0.127. The molecule has 5 aliphatic rings. The van der Waals surface area contributed by atoms with Crippen molar-refractivity contribution in [1.29, 1.82) is 0 Å². The Balaban J connectivity index is 1.35. The van der Waals surface area contributed by atoms with Gasteiger partial charge in [-0.15, -0.1) is 0 Å². The Bertz CT molecular complexity index is 651. The van der Waals surface area contributed by atoms with E-state index in [2.05, 4.69) is 34.6 Å². The van der Waals surface area contributed by atoms with Gasteiger partial charge < -0.3 is 0 Å². The summed E-state index contributed by atoms with van der Waals surface area (Å²) in [6.45, 7) is 12.6. The second kappa shape index (κ2) is 6.34. The molecular weight excluding hydrogens is 340 g/mol. The number of Topliss-reactive ketones (excluding diaryl/α,β-unsaturated/α-hetero) is 1. The van der Waals surface area contributed by atoms with Gasteiger partial charge in [0, 0.05) is 12.8 Å². The minimum absolute atomic E-state index is 0.448. The van der Waals surface area contributed by atoms with E-state index in [-0.39, 0.29) is 0 Å². The van der Waals surface area contributed by atoms with Gasteiger partial charge in [0.1, 0.15) is 5.78 Å². The van der Waals surface area contributed by atoms with E-state index in [0.717, 1.165) is 54.3 Å². The van der Waals surface area contributed by atoms with Crippen molar-refractivity contribution in [3.8, 4) is 0 Å². The Morgan fingerprint density at radius 2 is 1.75 bits per heavy atom. The van der Waals surface area contributed by atoms with E-state index in [0.29, 0.717) is 22.0 Å². The summed E-state index contributed by atoms with van der Waals surface area (Å²) in [5.41, 5.74) is 1.54. The zero-order valence-corrected chi connectivity index (χ0v) is 19.2. The molecule has 9 atom stereocenters. The monoisotopic (exact) mass is 384 g/mol. The molecule has 5 rings (SSSR count). The van der Waals surface area contributed by atoms with E-state index < -0.39 is 0 Å². The predicted molar refractivity (Wildman–Crippen MR) is 116 cm³/mol. The van der Waals surface area contributed by atoms with Gasteiger partial charge in [-0.3, -0.25) is 4.79 Å². The smallest absolute Gasteiger partial charge is 0.133 e. The topological polar surface area (TPSA) is 17.1 Å². The molecule has 28 heavy (non-hydrogen) atoms. The third-order valence-corrected chi connectivity index (χ3v) is 11.5. The molecule has 5 fully saturated rings. The maximum Gasteiger partial charge on any atom is 0.133 e. The minimum atomic E-state index is 0.448. The molecule has 0 saturated heterocycles. The molecule has 0 radical (unpaired) electrons. The van der Waals surface area contributed by atoms with Gasteiger partial charge in [0.2, 0.25) is 0 Å². The Hall–Kier alpha value is -0.330. The van der Waals surface area contributed by atoms with Crippen molar-refractivity contribution in [1.82, 2.24) is 0 Å². The van der Waals surface area contributed by atoms with E-state index in [4.69, 9.17) is 0 Å². The van der Waals surface area contributed by atoms with Gasteiger partial charge >= 0.3 is 0 Å². The van der Waals surface area contributed by atoms with Crippen LogP contribution in [0.2, 0.25) is 0 Å². The molecule has 0 heterocycles. The van der Waals surface area contributed by atoms with E-state index in [1.807, 2.05) is 0 Å². The molecule has 158 valence electrons. The van der Waals surface area contributed by atoms with Crippen molar-refractivity contribution < 1.29 is 4.79 Å². The zero-order valence-electron chi connectivity index (χ0n) is 19.2. The van der Waals surface area contributed by atoms with E-state index in [1.54, 1.807) is 0 Å². The minimum Gasteiger partial charge on any atom is -0.300 e.